The fourth-order valence-corrected chi connectivity index (χ4v) is 3.61. The van der Waals surface area contributed by atoms with Gasteiger partial charge in [-0.15, -0.1) is 0 Å². The number of aliphatic hydroxyl groups is 2. The van der Waals surface area contributed by atoms with Crippen molar-refractivity contribution in [2.24, 2.45) is 10.9 Å². The zero-order valence-corrected chi connectivity index (χ0v) is 16.2. The Morgan fingerprint density at radius 2 is 2.23 bits per heavy atom. The molecule has 0 saturated heterocycles. The van der Waals surface area contributed by atoms with Gasteiger partial charge in [0.1, 0.15) is 12.0 Å². The van der Waals surface area contributed by atoms with E-state index in [2.05, 4.69) is 33.1 Å². The second kappa shape index (κ2) is 9.55. The minimum Gasteiger partial charge on any atom is -0.394 e. The molecule has 1 aromatic carbocycles. The number of hydrazine groups is 1. The molecule has 1 aromatic rings. The molecule has 4 atom stereocenters. The van der Waals surface area contributed by atoms with Gasteiger partial charge in [0.25, 0.3) is 0 Å². The number of rotatable bonds is 7. The van der Waals surface area contributed by atoms with Gasteiger partial charge in [0, 0.05) is 23.6 Å². The summed E-state index contributed by atoms with van der Waals surface area (Å²) in [6.07, 6.45) is 0.692. The van der Waals surface area contributed by atoms with Gasteiger partial charge in [-0.1, -0.05) is 15.9 Å². The highest BCUT2D eigenvalue weighted by Gasteiger charge is 2.31. The Bertz CT molecular complexity index is 639. The fraction of sp³-hybridized carbons (Fsp3) is 0.500. The van der Waals surface area contributed by atoms with E-state index in [0.717, 1.165) is 0 Å². The first-order valence-electron chi connectivity index (χ1n) is 8.40. The van der Waals surface area contributed by atoms with Gasteiger partial charge in [0.15, 0.2) is 0 Å². The number of hydrogen-bond donors (Lipinski definition) is 3. The normalized spacial score (nSPS) is 25.0. The largest absolute Gasteiger partial charge is 0.394 e. The van der Waals surface area contributed by atoms with Crippen molar-refractivity contribution in [1.82, 2.24) is 10.4 Å². The Morgan fingerprint density at radius 3 is 2.81 bits per heavy atom. The summed E-state index contributed by atoms with van der Waals surface area (Å²) in [5.41, 5.74) is 4.23. The third kappa shape index (κ3) is 5.57. The molecular weight excluding hydrogens is 408 g/mol. The molecule has 8 heteroatoms. The molecule has 0 radical (unpaired) electrons. The van der Waals surface area contributed by atoms with Crippen molar-refractivity contribution in [3.8, 4) is 0 Å². The average molecular weight is 432 g/mol. The van der Waals surface area contributed by atoms with Crippen LogP contribution in [-0.4, -0.2) is 47.9 Å². The van der Waals surface area contributed by atoms with Gasteiger partial charge in [-0.2, -0.15) is 0 Å². The second-order valence-corrected chi connectivity index (χ2v) is 7.40. The number of allylic oxidation sites excluding steroid dienone is 1. The van der Waals surface area contributed by atoms with E-state index in [9.17, 15) is 19.0 Å². The maximum Gasteiger partial charge on any atom is 0.127 e. The standard InChI is InChI=1S/C18H24BrF2N3O2/c1-22-16(11-3-4-18(26)15(21)7-11)9-24(2)23-17(10-25)12-5-13(19)8-14(20)6-12/h5-6,8-9,11,15,17-18,23,25-26H,1,3-4,7,10H2,2H3/b16-9-/t11-,15-,17-,18-/m1/s1. The molecule has 26 heavy (non-hydrogen) atoms. The van der Waals surface area contributed by atoms with Crippen LogP contribution in [0.15, 0.2) is 39.6 Å². The Kier molecular flexibility index (Phi) is 7.69. The Balaban J connectivity index is 2.09. The Hall–Kier alpha value is -1.35. The van der Waals surface area contributed by atoms with E-state index in [-0.39, 0.29) is 18.9 Å². The summed E-state index contributed by atoms with van der Waals surface area (Å²) in [6, 6.07) is 3.87. The number of halogens is 3. The molecular formula is C18H24BrF2N3O2. The molecule has 0 unspecified atom stereocenters. The van der Waals surface area contributed by atoms with E-state index in [1.165, 1.54) is 12.1 Å². The van der Waals surface area contributed by atoms with Crippen LogP contribution in [0.2, 0.25) is 0 Å². The number of nitrogens with zero attached hydrogens (tertiary/aromatic N) is 2. The van der Waals surface area contributed by atoms with Crippen LogP contribution in [0.1, 0.15) is 30.9 Å². The molecule has 0 aromatic heterocycles. The van der Waals surface area contributed by atoms with Crippen LogP contribution in [-0.2, 0) is 0 Å². The SMILES string of the molecule is C=N/C(=C\N(C)N[C@H](CO)c1cc(F)cc(Br)c1)[C@@H]1CC[C@@H](O)[C@H](F)C1. The lowest BCUT2D eigenvalue weighted by molar-refractivity contribution is 0.0301. The van der Waals surface area contributed by atoms with Crippen LogP contribution >= 0.6 is 15.9 Å². The van der Waals surface area contributed by atoms with E-state index in [4.69, 9.17) is 0 Å². The molecule has 2 rings (SSSR count). The minimum atomic E-state index is -1.27. The fourth-order valence-electron chi connectivity index (χ4n) is 3.12. The summed E-state index contributed by atoms with van der Waals surface area (Å²) in [7, 11) is 1.72. The summed E-state index contributed by atoms with van der Waals surface area (Å²) in [4.78, 5) is 4.00. The molecule has 0 aliphatic heterocycles. The number of aliphatic hydroxyl groups excluding tert-OH is 2. The molecule has 0 heterocycles. The monoisotopic (exact) mass is 431 g/mol. The van der Waals surface area contributed by atoms with Crippen molar-refractivity contribution >= 4 is 22.6 Å². The van der Waals surface area contributed by atoms with Crippen molar-refractivity contribution in [3.05, 3.63) is 45.9 Å². The zero-order chi connectivity index (χ0) is 19.3. The Morgan fingerprint density at radius 1 is 1.50 bits per heavy atom. The second-order valence-electron chi connectivity index (χ2n) is 6.48. The van der Waals surface area contributed by atoms with Crippen LogP contribution in [0.5, 0.6) is 0 Å². The lowest BCUT2D eigenvalue weighted by Crippen LogP contribution is -2.36. The lowest BCUT2D eigenvalue weighted by atomic mass is 9.84. The van der Waals surface area contributed by atoms with Crippen molar-refractivity contribution in [1.29, 1.82) is 0 Å². The minimum absolute atomic E-state index is 0.133. The average Bonchev–Trinajstić information content (AvgIpc) is 2.59. The smallest absolute Gasteiger partial charge is 0.127 e. The lowest BCUT2D eigenvalue weighted by Gasteiger charge is -2.30. The molecule has 3 N–H and O–H groups in total. The maximum absolute atomic E-state index is 13.8. The molecule has 0 spiro atoms. The summed E-state index contributed by atoms with van der Waals surface area (Å²) >= 11 is 3.24. The van der Waals surface area contributed by atoms with Gasteiger partial charge in [-0.3, -0.25) is 4.99 Å². The first-order chi connectivity index (χ1) is 12.3. The summed E-state index contributed by atoms with van der Waals surface area (Å²) < 4.78 is 28.0. The molecule has 1 saturated carbocycles. The van der Waals surface area contributed by atoms with Crippen molar-refractivity contribution in [2.45, 2.75) is 37.6 Å². The molecule has 1 aliphatic rings. The van der Waals surface area contributed by atoms with Crippen LogP contribution < -0.4 is 5.43 Å². The molecule has 1 fully saturated rings. The molecule has 144 valence electrons. The number of benzene rings is 1. The van der Waals surface area contributed by atoms with Crippen LogP contribution in [0.3, 0.4) is 0 Å². The third-order valence-electron chi connectivity index (χ3n) is 4.49. The number of aliphatic imine (C=N–C) groups is 1. The Labute approximate surface area is 160 Å². The van der Waals surface area contributed by atoms with Gasteiger partial charge in [-0.05, 0) is 49.7 Å². The predicted molar refractivity (Wildman–Crippen MR) is 101 cm³/mol. The van der Waals surface area contributed by atoms with Crippen LogP contribution in [0, 0.1) is 11.7 Å². The number of hydrogen-bond acceptors (Lipinski definition) is 5. The first kappa shape index (κ1) is 21.0. The molecule has 1 aliphatic carbocycles. The number of nitrogens with one attached hydrogen (secondary N) is 1. The topological polar surface area (TPSA) is 68.1 Å². The van der Waals surface area contributed by atoms with Gasteiger partial charge < -0.3 is 15.2 Å². The van der Waals surface area contributed by atoms with Gasteiger partial charge in [-0.25, -0.2) is 14.2 Å². The summed E-state index contributed by atoms with van der Waals surface area (Å²) in [5.74, 6) is -0.540. The highest BCUT2D eigenvalue weighted by Crippen LogP contribution is 2.32. The van der Waals surface area contributed by atoms with E-state index < -0.39 is 24.1 Å². The van der Waals surface area contributed by atoms with Crippen LogP contribution in [0.25, 0.3) is 0 Å². The van der Waals surface area contributed by atoms with Gasteiger partial charge in [0.2, 0.25) is 0 Å². The summed E-state index contributed by atoms with van der Waals surface area (Å²) in [6.45, 7) is 3.31. The molecule has 0 bridgehead atoms. The van der Waals surface area contributed by atoms with Crippen molar-refractivity contribution < 1.29 is 19.0 Å². The highest BCUT2D eigenvalue weighted by molar-refractivity contribution is 9.10. The van der Waals surface area contributed by atoms with E-state index in [0.29, 0.717) is 28.6 Å². The highest BCUT2D eigenvalue weighted by atomic mass is 79.9. The van der Waals surface area contributed by atoms with Crippen molar-refractivity contribution in [2.75, 3.05) is 13.7 Å². The number of alkyl halides is 1. The van der Waals surface area contributed by atoms with Gasteiger partial charge >= 0.3 is 0 Å². The van der Waals surface area contributed by atoms with Crippen LogP contribution in [0.4, 0.5) is 8.78 Å². The third-order valence-corrected chi connectivity index (χ3v) is 4.95. The van der Waals surface area contributed by atoms with E-state index >= 15 is 0 Å². The van der Waals surface area contributed by atoms with Gasteiger partial charge in [0.05, 0.1) is 24.4 Å². The zero-order valence-electron chi connectivity index (χ0n) is 14.6. The quantitative estimate of drug-likeness (QED) is 0.458. The van der Waals surface area contributed by atoms with E-state index in [1.54, 1.807) is 24.3 Å². The summed E-state index contributed by atoms with van der Waals surface area (Å²) in [5, 5.41) is 20.8. The molecule has 5 nitrogen and oxygen atoms in total. The van der Waals surface area contributed by atoms with E-state index in [1.807, 2.05) is 0 Å². The maximum atomic E-state index is 13.8. The molecule has 0 amide bonds. The predicted octanol–water partition coefficient (Wildman–Crippen LogP) is 3.10. The first-order valence-corrected chi connectivity index (χ1v) is 9.19. The van der Waals surface area contributed by atoms with Crippen molar-refractivity contribution in [3.63, 3.8) is 0 Å².